The van der Waals surface area contributed by atoms with E-state index in [0.717, 1.165) is 32.5 Å². The molecule has 2 rings (SSSR count). The van der Waals surface area contributed by atoms with Crippen molar-refractivity contribution in [1.82, 2.24) is 4.90 Å². The van der Waals surface area contributed by atoms with Gasteiger partial charge in [0.15, 0.2) is 0 Å². The molecular formula is C15H21NO4. The van der Waals surface area contributed by atoms with Crippen molar-refractivity contribution in [3.05, 3.63) is 29.8 Å². The number of aromatic carboxylic acids is 1. The van der Waals surface area contributed by atoms with Crippen molar-refractivity contribution >= 4 is 5.97 Å². The zero-order valence-electron chi connectivity index (χ0n) is 11.7. The average Bonchev–Trinajstić information content (AvgIpc) is 2.92. The quantitative estimate of drug-likeness (QED) is 0.825. The van der Waals surface area contributed by atoms with Crippen molar-refractivity contribution in [3.8, 4) is 5.75 Å². The maximum Gasteiger partial charge on any atom is 0.335 e. The summed E-state index contributed by atoms with van der Waals surface area (Å²) in [4.78, 5) is 12.9. The van der Waals surface area contributed by atoms with E-state index >= 15 is 0 Å². The summed E-state index contributed by atoms with van der Waals surface area (Å²) < 4.78 is 11.2. The second-order valence-electron chi connectivity index (χ2n) is 5.08. The van der Waals surface area contributed by atoms with Crippen LogP contribution < -0.4 is 4.74 Å². The first kappa shape index (κ1) is 14.8. The van der Waals surface area contributed by atoms with E-state index in [9.17, 15) is 4.79 Å². The van der Waals surface area contributed by atoms with Gasteiger partial charge in [0.25, 0.3) is 0 Å². The molecule has 5 nitrogen and oxygen atoms in total. The van der Waals surface area contributed by atoms with Crippen LogP contribution in [0.1, 0.15) is 23.2 Å². The lowest BCUT2D eigenvalue weighted by Crippen LogP contribution is -2.32. The number of carbonyl (C=O) groups is 1. The highest BCUT2D eigenvalue weighted by atomic mass is 16.5. The van der Waals surface area contributed by atoms with E-state index in [1.54, 1.807) is 24.3 Å². The van der Waals surface area contributed by atoms with Crippen molar-refractivity contribution < 1.29 is 19.4 Å². The lowest BCUT2D eigenvalue weighted by molar-refractivity contribution is 0.0697. The number of hydrogen-bond donors (Lipinski definition) is 1. The first-order valence-electron chi connectivity index (χ1n) is 6.91. The van der Waals surface area contributed by atoms with Crippen LogP contribution in [-0.4, -0.2) is 55.4 Å². The molecule has 1 aliphatic rings. The molecule has 0 spiro atoms. The third kappa shape index (κ3) is 4.51. The molecule has 0 saturated carbocycles. The molecule has 0 aromatic heterocycles. The van der Waals surface area contributed by atoms with E-state index < -0.39 is 5.97 Å². The summed E-state index contributed by atoms with van der Waals surface area (Å²) in [5.41, 5.74) is 0.271. The van der Waals surface area contributed by atoms with Crippen LogP contribution in [0.2, 0.25) is 0 Å². The molecule has 1 unspecified atom stereocenters. The molecule has 0 radical (unpaired) electrons. The van der Waals surface area contributed by atoms with Crippen LogP contribution in [0.15, 0.2) is 24.3 Å². The van der Waals surface area contributed by atoms with Crippen LogP contribution >= 0.6 is 0 Å². The number of rotatable bonds is 7. The zero-order chi connectivity index (χ0) is 14.4. The van der Waals surface area contributed by atoms with Gasteiger partial charge in [-0.05, 0) is 44.2 Å². The molecule has 1 aromatic rings. The SMILES string of the molecule is CN(CCOc1ccc(C(=O)O)cc1)CC1CCCO1. The second kappa shape index (κ2) is 7.26. The smallest absolute Gasteiger partial charge is 0.335 e. The van der Waals surface area contributed by atoms with Gasteiger partial charge >= 0.3 is 5.97 Å². The van der Waals surface area contributed by atoms with Gasteiger partial charge in [0.2, 0.25) is 0 Å². The van der Waals surface area contributed by atoms with Crippen molar-refractivity contribution in [2.24, 2.45) is 0 Å². The fourth-order valence-corrected chi connectivity index (χ4v) is 2.24. The molecule has 1 aliphatic heterocycles. The summed E-state index contributed by atoms with van der Waals surface area (Å²) in [6.07, 6.45) is 2.65. The van der Waals surface area contributed by atoms with Gasteiger partial charge < -0.3 is 19.5 Å². The highest BCUT2D eigenvalue weighted by molar-refractivity contribution is 5.87. The number of ether oxygens (including phenoxy) is 2. The minimum Gasteiger partial charge on any atom is -0.492 e. The summed E-state index contributed by atoms with van der Waals surface area (Å²) in [6.45, 7) is 3.21. The number of carboxylic acids is 1. The highest BCUT2D eigenvalue weighted by Crippen LogP contribution is 2.14. The van der Waals surface area contributed by atoms with E-state index in [2.05, 4.69) is 11.9 Å². The second-order valence-corrected chi connectivity index (χ2v) is 5.08. The number of nitrogens with zero attached hydrogens (tertiary/aromatic N) is 1. The Morgan fingerprint density at radius 3 is 2.80 bits per heavy atom. The normalized spacial score (nSPS) is 18.4. The van der Waals surface area contributed by atoms with E-state index in [0.29, 0.717) is 18.5 Å². The fraction of sp³-hybridized carbons (Fsp3) is 0.533. The fourth-order valence-electron chi connectivity index (χ4n) is 2.24. The van der Waals surface area contributed by atoms with Crippen LogP contribution in [0.25, 0.3) is 0 Å². The Bertz CT molecular complexity index is 426. The Kier molecular flexibility index (Phi) is 5.38. The summed E-state index contributed by atoms with van der Waals surface area (Å²) in [5.74, 6) is -0.228. The van der Waals surface area contributed by atoms with Crippen molar-refractivity contribution in [2.45, 2.75) is 18.9 Å². The Labute approximate surface area is 119 Å². The molecule has 1 aromatic carbocycles. The van der Waals surface area contributed by atoms with E-state index in [1.165, 1.54) is 0 Å². The summed E-state index contributed by atoms with van der Waals surface area (Å²) in [7, 11) is 2.05. The van der Waals surface area contributed by atoms with E-state index in [-0.39, 0.29) is 5.56 Å². The van der Waals surface area contributed by atoms with Crippen LogP contribution in [0, 0.1) is 0 Å². The minimum atomic E-state index is -0.923. The van der Waals surface area contributed by atoms with Gasteiger partial charge in [-0.15, -0.1) is 0 Å². The molecule has 110 valence electrons. The molecule has 1 N–H and O–H groups in total. The Balaban J connectivity index is 1.68. The maximum atomic E-state index is 10.7. The van der Waals surface area contributed by atoms with Crippen molar-refractivity contribution in [1.29, 1.82) is 0 Å². The minimum absolute atomic E-state index is 0.271. The first-order chi connectivity index (χ1) is 9.65. The van der Waals surface area contributed by atoms with Gasteiger partial charge in [-0.3, -0.25) is 0 Å². The third-order valence-electron chi connectivity index (χ3n) is 3.38. The van der Waals surface area contributed by atoms with Crippen molar-refractivity contribution in [2.75, 3.05) is 33.4 Å². The summed E-state index contributed by atoms with van der Waals surface area (Å²) in [6, 6.07) is 6.47. The largest absolute Gasteiger partial charge is 0.492 e. The molecule has 20 heavy (non-hydrogen) atoms. The average molecular weight is 279 g/mol. The molecule has 0 bridgehead atoms. The topological polar surface area (TPSA) is 59.0 Å². The van der Waals surface area contributed by atoms with Gasteiger partial charge in [0.05, 0.1) is 11.7 Å². The van der Waals surface area contributed by atoms with Gasteiger partial charge in [-0.25, -0.2) is 4.79 Å². The van der Waals surface area contributed by atoms with Crippen LogP contribution in [-0.2, 0) is 4.74 Å². The molecular weight excluding hydrogens is 258 g/mol. The number of likely N-dealkylation sites (N-methyl/N-ethyl adjacent to an activating group) is 1. The van der Waals surface area contributed by atoms with Crippen LogP contribution in [0.5, 0.6) is 5.75 Å². The predicted octanol–water partition coefficient (Wildman–Crippen LogP) is 1.87. The number of hydrogen-bond acceptors (Lipinski definition) is 4. The molecule has 0 amide bonds. The Morgan fingerprint density at radius 2 is 2.20 bits per heavy atom. The molecule has 1 saturated heterocycles. The van der Waals surface area contributed by atoms with Gasteiger partial charge in [0.1, 0.15) is 12.4 Å². The maximum absolute atomic E-state index is 10.7. The van der Waals surface area contributed by atoms with Crippen LogP contribution in [0.3, 0.4) is 0 Å². The van der Waals surface area contributed by atoms with Crippen LogP contribution in [0.4, 0.5) is 0 Å². The predicted molar refractivity (Wildman–Crippen MR) is 75.4 cm³/mol. The lowest BCUT2D eigenvalue weighted by atomic mass is 10.2. The standard InChI is InChI=1S/C15H21NO4/c1-16(11-14-3-2-9-19-14)8-10-20-13-6-4-12(5-7-13)15(17)18/h4-7,14H,2-3,8-11H2,1H3,(H,17,18). The molecule has 5 heteroatoms. The third-order valence-corrected chi connectivity index (χ3v) is 3.38. The highest BCUT2D eigenvalue weighted by Gasteiger charge is 2.17. The first-order valence-corrected chi connectivity index (χ1v) is 6.91. The molecule has 1 fully saturated rings. The molecule has 1 heterocycles. The summed E-state index contributed by atoms with van der Waals surface area (Å²) in [5, 5.41) is 8.80. The van der Waals surface area contributed by atoms with Gasteiger partial charge in [-0.2, -0.15) is 0 Å². The van der Waals surface area contributed by atoms with E-state index in [1.807, 2.05) is 0 Å². The molecule has 0 aliphatic carbocycles. The summed E-state index contributed by atoms with van der Waals surface area (Å²) >= 11 is 0. The Morgan fingerprint density at radius 1 is 1.45 bits per heavy atom. The zero-order valence-corrected chi connectivity index (χ0v) is 11.7. The molecule has 1 atom stereocenters. The number of carboxylic acid groups (broad SMARTS) is 1. The van der Waals surface area contributed by atoms with Gasteiger partial charge in [0, 0.05) is 19.7 Å². The number of benzene rings is 1. The van der Waals surface area contributed by atoms with E-state index in [4.69, 9.17) is 14.6 Å². The monoisotopic (exact) mass is 279 g/mol. The lowest BCUT2D eigenvalue weighted by Gasteiger charge is -2.20. The Hall–Kier alpha value is -1.59. The van der Waals surface area contributed by atoms with Crippen molar-refractivity contribution in [3.63, 3.8) is 0 Å². The van der Waals surface area contributed by atoms with Gasteiger partial charge in [-0.1, -0.05) is 0 Å².